The van der Waals surface area contributed by atoms with Crippen LogP contribution in [0.3, 0.4) is 0 Å². The van der Waals surface area contributed by atoms with Gasteiger partial charge in [-0.05, 0) is 31.4 Å². The Labute approximate surface area is 192 Å². The quantitative estimate of drug-likeness (QED) is 0.217. The number of aliphatic carboxylic acids is 1. The summed E-state index contributed by atoms with van der Waals surface area (Å²) in [5, 5.41) is 22.4. The molecular weight excluding hydrogens is 426 g/mol. The second-order valence-corrected chi connectivity index (χ2v) is 8.31. The van der Waals surface area contributed by atoms with Crippen LogP contribution in [-0.4, -0.2) is 76.5 Å². The summed E-state index contributed by atoms with van der Waals surface area (Å²) in [6, 6.07) is 4.21. The summed E-state index contributed by atoms with van der Waals surface area (Å²) in [5.74, 6) is -1.67. The zero-order valence-corrected chi connectivity index (χ0v) is 18.5. The fourth-order valence-electron chi connectivity index (χ4n) is 4.07. The molecule has 0 saturated carbocycles. The Kier molecular flexibility index (Phi) is 8.22. The minimum atomic E-state index is -1.03. The Bertz CT molecular complexity index is 905. The Balaban J connectivity index is 1.48. The van der Waals surface area contributed by atoms with E-state index >= 15 is 0 Å². The number of pyridine rings is 1. The molecule has 3 rings (SSSR count). The number of carbonyl (C=O) groups excluding carboxylic acids is 2. The van der Waals surface area contributed by atoms with E-state index in [4.69, 9.17) is 11.1 Å². The first-order valence-corrected chi connectivity index (χ1v) is 11.1. The summed E-state index contributed by atoms with van der Waals surface area (Å²) in [7, 11) is 0. The molecule has 1 aromatic heterocycles. The van der Waals surface area contributed by atoms with Gasteiger partial charge in [0, 0.05) is 38.9 Å². The summed E-state index contributed by atoms with van der Waals surface area (Å²) in [6.07, 6.45) is 5.31. The number of carboxylic acid groups (broad SMARTS) is 1. The number of nitrogens with two attached hydrogens (primary N) is 1. The molecule has 3 heterocycles. The molecule has 178 valence electrons. The summed E-state index contributed by atoms with van der Waals surface area (Å²) < 4.78 is 0. The Hall–Kier alpha value is -3.63. The van der Waals surface area contributed by atoms with Crippen molar-refractivity contribution in [3.63, 3.8) is 0 Å². The van der Waals surface area contributed by atoms with Crippen molar-refractivity contribution >= 4 is 23.9 Å². The first kappa shape index (κ1) is 24.0. The highest BCUT2D eigenvalue weighted by Crippen LogP contribution is 2.20. The molecule has 1 aromatic rings. The SMILES string of the molecule is N=C(N)N1CC=C(CCNC(=O)N2CCCC(C(=O)NC(CC(=O)O)c3ccccn3)C2)C1. The number of carboxylic acids is 1. The number of nitrogens with one attached hydrogen (secondary N) is 3. The van der Waals surface area contributed by atoms with E-state index in [9.17, 15) is 19.5 Å². The fourth-order valence-corrected chi connectivity index (χ4v) is 4.07. The largest absolute Gasteiger partial charge is 0.481 e. The number of aromatic nitrogens is 1. The van der Waals surface area contributed by atoms with Crippen molar-refractivity contribution in [2.75, 3.05) is 32.7 Å². The Morgan fingerprint density at radius 1 is 1.30 bits per heavy atom. The molecule has 33 heavy (non-hydrogen) atoms. The molecule has 2 aliphatic heterocycles. The maximum Gasteiger partial charge on any atom is 0.317 e. The maximum absolute atomic E-state index is 12.9. The van der Waals surface area contributed by atoms with Gasteiger partial charge in [-0.15, -0.1) is 0 Å². The van der Waals surface area contributed by atoms with Crippen LogP contribution in [0.4, 0.5) is 4.79 Å². The van der Waals surface area contributed by atoms with Gasteiger partial charge in [-0.25, -0.2) is 4.79 Å². The molecule has 0 radical (unpaired) electrons. The monoisotopic (exact) mass is 457 g/mol. The van der Waals surface area contributed by atoms with Gasteiger partial charge >= 0.3 is 12.0 Å². The molecule has 0 spiro atoms. The molecule has 0 bridgehead atoms. The summed E-state index contributed by atoms with van der Waals surface area (Å²) in [5.41, 5.74) is 7.11. The molecule has 2 atom stereocenters. The van der Waals surface area contributed by atoms with Crippen LogP contribution < -0.4 is 16.4 Å². The van der Waals surface area contributed by atoms with Gasteiger partial charge < -0.3 is 31.3 Å². The smallest absolute Gasteiger partial charge is 0.317 e. The predicted molar refractivity (Wildman–Crippen MR) is 121 cm³/mol. The van der Waals surface area contributed by atoms with Gasteiger partial charge in [0.25, 0.3) is 0 Å². The van der Waals surface area contributed by atoms with Gasteiger partial charge in [-0.1, -0.05) is 17.7 Å². The van der Waals surface area contributed by atoms with Crippen LogP contribution in [0.15, 0.2) is 36.0 Å². The van der Waals surface area contributed by atoms with Crippen molar-refractivity contribution in [2.45, 2.75) is 31.7 Å². The molecule has 1 saturated heterocycles. The van der Waals surface area contributed by atoms with Gasteiger partial charge in [0.05, 0.1) is 24.1 Å². The molecule has 6 N–H and O–H groups in total. The second-order valence-electron chi connectivity index (χ2n) is 8.31. The van der Waals surface area contributed by atoms with E-state index in [-0.39, 0.29) is 30.9 Å². The molecule has 2 aliphatic rings. The molecule has 11 heteroatoms. The lowest BCUT2D eigenvalue weighted by molar-refractivity contribution is -0.138. The molecule has 2 unspecified atom stereocenters. The van der Waals surface area contributed by atoms with Crippen LogP contribution >= 0.6 is 0 Å². The number of likely N-dealkylation sites (tertiary alicyclic amines) is 1. The first-order valence-electron chi connectivity index (χ1n) is 11.1. The third-order valence-corrected chi connectivity index (χ3v) is 5.88. The zero-order chi connectivity index (χ0) is 23.8. The van der Waals surface area contributed by atoms with Crippen molar-refractivity contribution < 1.29 is 19.5 Å². The van der Waals surface area contributed by atoms with Crippen molar-refractivity contribution in [2.24, 2.45) is 11.7 Å². The topological polar surface area (TPSA) is 165 Å². The van der Waals surface area contributed by atoms with E-state index in [1.807, 2.05) is 6.08 Å². The van der Waals surface area contributed by atoms with Crippen LogP contribution in [0, 0.1) is 11.3 Å². The highest BCUT2D eigenvalue weighted by atomic mass is 16.4. The van der Waals surface area contributed by atoms with Crippen molar-refractivity contribution in [3.8, 4) is 0 Å². The number of guanidine groups is 1. The number of piperidine rings is 1. The number of hydrogen-bond acceptors (Lipinski definition) is 5. The van der Waals surface area contributed by atoms with Crippen LogP contribution in [0.1, 0.15) is 37.4 Å². The lowest BCUT2D eigenvalue weighted by Crippen LogP contribution is -2.49. The number of nitrogens with zero attached hydrogens (tertiary/aromatic N) is 3. The van der Waals surface area contributed by atoms with E-state index in [1.54, 1.807) is 34.2 Å². The number of carbonyl (C=O) groups is 3. The first-order chi connectivity index (χ1) is 15.8. The van der Waals surface area contributed by atoms with Crippen LogP contribution in [-0.2, 0) is 9.59 Å². The van der Waals surface area contributed by atoms with Gasteiger partial charge in [0.1, 0.15) is 0 Å². The van der Waals surface area contributed by atoms with E-state index in [0.717, 1.165) is 5.57 Å². The lowest BCUT2D eigenvalue weighted by Gasteiger charge is -2.32. The highest BCUT2D eigenvalue weighted by Gasteiger charge is 2.30. The van der Waals surface area contributed by atoms with E-state index in [0.29, 0.717) is 51.1 Å². The molecule has 11 nitrogen and oxygen atoms in total. The average molecular weight is 458 g/mol. The number of urea groups is 1. The van der Waals surface area contributed by atoms with Crippen molar-refractivity contribution in [1.82, 2.24) is 25.4 Å². The molecule has 0 aliphatic carbocycles. The van der Waals surface area contributed by atoms with Gasteiger partial charge in [0.15, 0.2) is 5.96 Å². The predicted octanol–water partition coefficient (Wildman–Crippen LogP) is 0.661. The Morgan fingerprint density at radius 2 is 2.12 bits per heavy atom. The summed E-state index contributed by atoms with van der Waals surface area (Å²) in [6.45, 7) is 2.52. The van der Waals surface area contributed by atoms with Crippen molar-refractivity contribution in [1.29, 1.82) is 5.41 Å². The third kappa shape index (κ3) is 6.93. The van der Waals surface area contributed by atoms with Crippen molar-refractivity contribution in [3.05, 3.63) is 41.7 Å². The van der Waals surface area contributed by atoms with Crippen LogP contribution in [0.5, 0.6) is 0 Å². The Morgan fingerprint density at radius 3 is 2.79 bits per heavy atom. The normalized spacial score (nSPS) is 18.9. The minimum absolute atomic E-state index is 0.0385. The van der Waals surface area contributed by atoms with Gasteiger partial charge in [-0.2, -0.15) is 0 Å². The molecule has 0 aromatic carbocycles. The summed E-state index contributed by atoms with van der Waals surface area (Å²) in [4.78, 5) is 44.3. The van der Waals surface area contributed by atoms with Gasteiger partial charge in [0.2, 0.25) is 5.91 Å². The van der Waals surface area contributed by atoms with Crippen LogP contribution in [0.25, 0.3) is 0 Å². The fraction of sp³-hybridized carbons (Fsp3) is 0.500. The molecular formula is C22H31N7O4. The number of hydrogen-bond donors (Lipinski definition) is 5. The number of amides is 3. The lowest BCUT2D eigenvalue weighted by atomic mass is 9.96. The van der Waals surface area contributed by atoms with Gasteiger partial charge in [-0.3, -0.25) is 20.0 Å². The minimum Gasteiger partial charge on any atom is -0.481 e. The van der Waals surface area contributed by atoms with E-state index in [2.05, 4.69) is 15.6 Å². The molecule has 3 amide bonds. The summed E-state index contributed by atoms with van der Waals surface area (Å²) >= 11 is 0. The maximum atomic E-state index is 12.9. The highest BCUT2D eigenvalue weighted by molar-refractivity contribution is 5.82. The average Bonchev–Trinajstić information content (AvgIpc) is 3.28. The van der Waals surface area contributed by atoms with E-state index in [1.165, 1.54) is 0 Å². The zero-order valence-electron chi connectivity index (χ0n) is 18.5. The molecule has 1 fully saturated rings. The van der Waals surface area contributed by atoms with Crippen LogP contribution in [0.2, 0.25) is 0 Å². The number of rotatable bonds is 8. The second kappa shape index (κ2) is 11.3. The third-order valence-electron chi connectivity index (χ3n) is 5.88. The standard InChI is InChI=1S/C22H31N7O4/c23-21(24)28-11-7-15(13-28)6-9-26-22(33)29-10-3-4-16(14-29)20(32)27-18(12-19(30)31)17-5-1-2-8-25-17/h1-2,5,7-8,16,18H,3-4,6,9-14H2,(H3,23,24)(H,26,33)(H,27,32)(H,30,31). The van der Waals surface area contributed by atoms with E-state index < -0.39 is 17.9 Å².